The molecule has 40 heavy (non-hydrogen) atoms. The molecule has 3 atom stereocenters. The van der Waals surface area contributed by atoms with Gasteiger partial charge < -0.3 is 23.8 Å². The summed E-state index contributed by atoms with van der Waals surface area (Å²) in [6.45, 7) is 9.41. The number of fused-ring (bicyclic) bond motifs is 1. The van der Waals surface area contributed by atoms with Crippen LogP contribution < -0.4 is 14.2 Å². The summed E-state index contributed by atoms with van der Waals surface area (Å²) in [5.74, 6) is 1.53. The number of ether oxygens (including phenoxy) is 4. The Morgan fingerprint density at radius 1 is 0.950 bits per heavy atom. The van der Waals surface area contributed by atoms with Gasteiger partial charge in [0, 0.05) is 44.6 Å². The lowest BCUT2D eigenvalue weighted by atomic mass is 9.82. The highest BCUT2D eigenvalue weighted by Crippen LogP contribution is 2.48. The van der Waals surface area contributed by atoms with Crippen LogP contribution in [0.1, 0.15) is 76.0 Å². The molecule has 2 aromatic carbocycles. The van der Waals surface area contributed by atoms with Gasteiger partial charge in [-0.1, -0.05) is 44.9 Å². The van der Waals surface area contributed by atoms with Crippen LogP contribution in [0, 0.1) is 5.92 Å². The summed E-state index contributed by atoms with van der Waals surface area (Å²) in [7, 11) is 1.64. The van der Waals surface area contributed by atoms with Crippen molar-refractivity contribution in [2.24, 2.45) is 5.92 Å². The van der Waals surface area contributed by atoms with Crippen molar-refractivity contribution in [1.29, 1.82) is 0 Å². The fourth-order valence-corrected chi connectivity index (χ4v) is 5.82. The minimum atomic E-state index is -0.444. The minimum absolute atomic E-state index is 0.132. The van der Waals surface area contributed by atoms with Crippen molar-refractivity contribution in [1.82, 2.24) is 9.80 Å². The van der Waals surface area contributed by atoms with Crippen LogP contribution in [-0.2, 0) is 14.3 Å². The molecule has 0 radical (unpaired) electrons. The fraction of sp³-hybridized carbons (Fsp3) is 0.562. The van der Waals surface area contributed by atoms with Gasteiger partial charge in [-0.05, 0) is 55.2 Å². The van der Waals surface area contributed by atoms with E-state index in [1.165, 1.54) is 0 Å². The maximum atomic E-state index is 13.6. The maximum Gasteiger partial charge on any atom is 0.311 e. The summed E-state index contributed by atoms with van der Waals surface area (Å²) in [5.41, 5.74) is 2.01. The molecule has 0 saturated carbocycles. The van der Waals surface area contributed by atoms with Gasteiger partial charge in [0.25, 0.3) is 0 Å². The number of carbonyl (C=O) groups is 2. The summed E-state index contributed by atoms with van der Waals surface area (Å²) in [5, 5.41) is 0. The average molecular weight is 553 g/mol. The third-order valence-electron chi connectivity index (χ3n) is 7.97. The molecule has 4 rings (SSSR count). The molecule has 8 nitrogen and oxygen atoms in total. The highest BCUT2D eigenvalue weighted by atomic mass is 16.7. The number of nitrogens with zero attached hydrogens (tertiary/aromatic N) is 2. The molecule has 1 saturated heterocycles. The molecule has 0 spiro atoms. The lowest BCUT2D eigenvalue weighted by Crippen LogP contribution is -2.36. The molecule has 3 unspecified atom stereocenters. The number of amides is 1. The normalized spacial score (nSPS) is 19.9. The lowest BCUT2D eigenvalue weighted by molar-refractivity contribution is -0.149. The van der Waals surface area contributed by atoms with Gasteiger partial charge in [0.15, 0.2) is 11.5 Å². The second-order valence-electron chi connectivity index (χ2n) is 10.5. The molecule has 2 aromatic rings. The van der Waals surface area contributed by atoms with E-state index in [-0.39, 0.29) is 30.6 Å². The Kier molecular flexibility index (Phi) is 10.7. The molecular formula is C32H44N2O6. The zero-order valence-electron chi connectivity index (χ0n) is 24.4. The number of hydrogen-bond acceptors (Lipinski definition) is 7. The Balaban J connectivity index is 1.64. The number of benzene rings is 2. The van der Waals surface area contributed by atoms with Gasteiger partial charge in [0.1, 0.15) is 5.75 Å². The van der Waals surface area contributed by atoms with Crippen LogP contribution in [0.5, 0.6) is 17.2 Å². The van der Waals surface area contributed by atoms with Gasteiger partial charge in [-0.2, -0.15) is 0 Å². The van der Waals surface area contributed by atoms with E-state index < -0.39 is 5.92 Å². The van der Waals surface area contributed by atoms with E-state index >= 15 is 0 Å². The first-order valence-corrected chi connectivity index (χ1v) is 14.7. The standard InChI is InChI=1S/C32H44N2O6/c1-5-8-17-33(18-9-6-2)29(35)16-19-34-21-26(24-12-15-27-28(20-24)40-22-39-27)30(32(36)38-7-3)31(34)23-10-13-25(37-4)14-11-23/h10-15,20,26,30-31H,5-9,16-19,21-22H2,1-4H3. The molecule has 2 aliphatic rings. The second kappa shape index (κ2) is 14.4. The molecule has 1 amide bonds. The van der Waals surface area contributed by atoms with E-state index in [2.05, 4.69) is 18.7 Å². The largest absolute Gasteiger partial charge is 0.497 e. The van der Waals surface area contributed by atoms with Gasteiger partial charge in [-0.25, -0.2) is 0 Å². The first-order valence-electron chi connectivity index (χ1n) is 14.7. The number of esters is 1. The summed E-state index contributed by atoms with van der Waals surface area (Å²) < 4.78 is 22.2. The van der Waals surface area contributed by atoms with Crippen molar-refractivity contribution in [3.05, 3.63) is 53.6 Å². The predicted octanol–water partition coefficient (Wildman–Crippen LogP) is 5.56. The number of likely N-dealkylation sites (tertiary alicyclic amines) is 1. The van der Waals surface area contributed by atoms with Gasteiger partial charge in [-0.15, -0.1) is 0 Å². The zero-order chi connectivity index (χ0) is 28.5. The monoisotopic (exact) mass is 552 g/mol. The molecule has 8 heteroatoms. The van der Waals surface area contributed by atoms with Crippen LogP contribution in [0.25, 0.3) is 0 Å². The SMILES string of the molecule is CCCCN(CCCC)C(=O)CCN1CC(c2ccc3c(c2)OCO3)C(C(=O)OCC)C1c1ccc(OC)cc1. The van der Waals surface area contributed by atoms with Crippen LogP contribution in [0.4, 0.5) is 0 Å². The second-order valence-corrected chi connectivity index (χ2v) is 10.5. The third kappa shape index (κ3) is 6.89. The average Bonchev–Trinajstić information content (AvgIpc) is 3.60. The summed E-state index contributed by atoms with van der Waals surface area (Å²) in [4.78, 5) is 31.3. The predicted molar refractivity (Wildman–Crippen MR) is 154 cm³/mol. The van der Waals surface area contributed by atoms with Crippen LogP contribution in [-0.4, -0.2) is 68.4 Å². The van der Waals surface area contributed by atoms with Crippen molar-refractivity contribution >= 4 is 11.9 Å². The molecule has 2 aliphatic heterocycles. The Hall–Kier alpha value is -3.26. The molecule has 1 fully saturated rings. The number of carbonyl (C=O) groups excluding carboxylic acids is 2. The highest BCUT2D eigenvalue weighted by Gasteiger charge is 2.48. The minimum Gasteiger partial charge on any atom is -0.497 e. The topological polar surface area (TPSA) is 77.5 Å². The maximum absolute atomic E-state index is 13.6. The molecule has 0 aliphatic carbocycles. The third-order valence-corrected chi connectivity index (χ3v) is 7.97. The Morgan fingerprint density at radius 3 is 2.27 bits per heavy atom. The first kappa shape index (κ1) is 29.7. The van der Waals surface area contributed by atoms with Crippen LogP contribution in [0.2, 0.25) is 0 Å². The number of unbranched alkanes of at least 4 members (excludes halogenated alkanes) is 2. The molecule has 0 bridgehead atoms. The van der Waals surface area contributed by atoms with Gasteiger partial charge in [0.2, 0.25) is 12.7 Å². The molecule has 218 valence electrons. The van der Waals surface area contributed by atoms with Crippen LogP contribution in [0.15, 0.2) is 42.5 Å². The molecule has 0 aromatic heterocycles. The van der Waals surface area contributed by atoms with Crippen molar-refractivity contribution < 1.29 is 28.5 Å². The quantitative estimate of drug-likeness (QED) is 0.284. The van der Waals surface area contributed by atoms with Crippen LogP contribution >= 0.6 is 0 Å². The summed E-state index contributed by atoms with van der Waals surface area (Å²) in [6.07, 6.45) is 4.53. The van der Waals surface area contributed by atoms with Crippen molar-refractivity contribution in [2.75, 3.05) is 46.7 Å². The molecule has 2 heterocycles. The van der Waals surface area contributed by atoms with Gasteiger partial charge in [-0.3, -0.25) is 14.5 Å². The Morgan fingerprint density at radius 2 is 1.62 bits per heavy atom. The van der Waals surface area contributed by atoms with Crippen molar-refractivity contribution in [3.63, 3.8) is 0 Å². The van der Waals surface area contributed by atoms with E-state index in [0.29, 0.717) is 37.6 Å². The van der Waals surface area contributed by atoms with Crippen molar-refractivity contribution in [3.8, 4) is 17.2 Å². The summed E-state index contributed by atoms with van der Waals surface area (Å²) in [6, 6.07) is 13.5. The lowest BCUT2D eigenvalue weighted by Gasteiger charge is -2.29. The van der Waals surface area contributed by atoms with Gasteiger partial charge >= 0.3 is 5.97 Å². The zero-order valence-corrected chi connectivity index (χ0v) is 24.4. The Labute approximate surface area is 238 Å². The van der Waals surface area contributed by atoms with E-state index in [4.69, 9.17) is 18.9 Å². The molecular weight excluding hydrogens is 508 g/mol. The fourth-order valence-electron chi connectivity index (χ4n) is 5.82. The van der Waals surface area contributed by atoms with E-state index in [0.717, 1.165) is 55.6 Å². The number of rotatable bonds is 14. The molecule has 0 N–H and O–H groups in total. The van der Waals surface area contributed by atoms with E-state index in [9.17, 15) is 9.59 Å². The highest BCUT2D eigenvalue weighted by molar-refractivity contribution is 5.77. The van der Waals surface area contributed by atoms with Gasteiger partial charge in [0.05, 0.1) is 19.6 Å². The van der Waals surface area contributed by atoms with E-state index in [1.54, 1.807) is 7.11 Å². The first-order chi connectivity index (χ1) is 19.5. The summed E-state index contributed by atoms with van der Waals surface area (Å²) >= 11 is 0. The van der Waals surface area contributed by atoms with Crippen molar-refractivity contribution in [2.45, 2.75) is 64.8 Å². The smallest absolute Gasteiger partial charge is 0.311 e. The van der Waals surface area contributed by atoms with E-state index in [1.807, 2.05) is 54.3 Å². The van der Waals surface area contributed by atoms with Crippen LogP contribution in [0.3, 0.4) is 0 Å². The number of hydrogen-bond donors (Lipinski definition) is 0. The Bertz CT molecular complexity index is 1110. The number of methoxy groups -OCH3 is 1.